The number of aromatic nitrogens is 2. The zero-order valence-corrected chi connectivity index (χ0v) is 10.9. The number of methoxy groups -OCH3 is 1. The standard InChI is InChI=1S/C13H23N3O/c1-16-12(6-9-15-16)5-4-11(14)10-13(17-2)7-3-8-13/h6,9,11H,3-5,7-8,10,14H2,1-2H3. The maximum absolute atomic E-state index is 6.20. The van der Waals surface area contributed by atoms with Gasteiger partial charge in [-0.1, -0.05) is 0 Å². The minimum atomic E-state index is 0.0892. The average Bonchev–Trinajstić information content (AvgIpc) is 2.67. The van der Waals surface area contributed by atoms with E-state index in [1.807, 2.05) is 25.0 Å². The van der Waals surface area contributed by atoms with Gasteiger partial charge in [-0.2, -0.15) is 5.10 Å². The van der Waals surface area contributed by atoms with Gasteiger partial charge in [0.05, 0.1) is 5.60 Å². The summed E-state index contributed by atoms with van der Waals surface area (Å²) in [4.78, 5) is 0. The highest BCUT2D eigenvalue weighted by atomic mass is 16.5. The SMILES string of the molecule is COC1(CC(N)CCc2ccnn2C)CCC1. The molecule has 1 aliphatic rings. The molecule has 1 heterocycles. The van der Waals surface area contributed by atoms with Crippen molar-refractivity contribution in [2.45, 2.75) is 50.2 Å². The van der Waals surface area contributed by atoms with Gasteiger partial charge in [-0.15, -0.1) is 0 Å². The maximum atomic E-state index is 6.20. The highest BCUT2D eigenvalue weighted by Gasteiger charge is 2.38. The molecule has 2 rings (SSSR count). The van der Waals surface area contributed by atoms with Crippen molar-refractivity contribution in [3.05, 3.63) is 18.0 Å². The van der Waals surface area contributed by atoms with Crippen LogP contribution in [0.5, 0.6) is 0 Å². The van der Waals surface area contributed by atoms with Crippen LogP contribution in [-0.2, 0) is 18.2 Å². The molecule has 1 fully saturated rings. The molecule has 4 nitrogen and oxygen atoms in total. The Hall–Kier alpha value is -0.870. The largest absolute Gasteiger partial charge is 0.378 e. The van der Waals surface area contributed by atoms with Crippen molar-refractivity contribution in [3.63, 3.8) is 0 Å². The van der Waals surface area contributed by atoms with Crippen LogP contribution in [0.15, 0.2) is 12.3 Å². The molecule has 1 aliphatic carbocycles. The third-order valence-corrected chi connectivity index (χ3v) is 4.03. The van der Waals surface area contributed by atoms with Crippen molar-refractivity contribution < 1.29 is 4.74 Å². The Morgan fingerprint density at radius 3 is 2.82 bits per heavy atom. The summed E-state index contributed by atoms with van der Waals surface area (Å²) in [5.74, 6) is 0. The molecule has 1 aromatic heterocycles. The predicted molar refractivity (Wildman–Crippen MR) is 67.7 cm³/mol. The Balaban J connectivity index is 1.78. The summed E-state index contributed by atoms with van der Waals surface area (Å²) in [5.41, 5.74) is 7.54. The zero-order chi connectivity index (χ0) is 12.3. The smallest absolute Gasteiger partial charge is 0.0693 e. The van der Waals surface area contributed by atoms with Crippen molar-refractivity contribution in [1.82, 2.24) is 9.78 Å². The molecule has 4 heteroatoms. The molecule has 2 N–H and O–H groups in total. The molecular weight excluding hydrogens is 214 g/mol. The van der Waals surface area contributed by atoms with Crippen molar-refractivity contribution in [2.24, 2.45) is 12.8 Å². The number of nitrogens with zero attached hydrogens (tertiary/aromatic N) is 2. The topological polar surface area (TPSA) is 53.1 Å². The van der Waals surface area contributed by atoms with Gasteiger partial charge in [-0.3, -0.25) is 4.68 Å². The molecule has 17 heavy (non-hydrogen) atoms. The number of hydrogen-bond acceptors (Lipinski definition) is 3. The van der Waals surface area contributed by atoms with E-state index in [-0.39, 0.29) is 11.6 Å². The van der Waals surface area contributed by atoms with E-state index in [9.17, 15) is 0 Å². The number of rotatable bonds is 6. The van der Waals surface area contributed by atoms with Crippen LogP contribution in [0.4, 0.5) is 0 Å². The van der Waals surface area contributed by atoms with E-state index in [1.165, 1.54) is 25.0 Å². The first-order valence-corrected chi connectivity index (χ1v) is 6.43. The third kappa shape index (κ3) is 2.87. The molecule has 0 aromatic carbocycles. The molecule has 1 saturated carbocycles. The Kier molecular flexibility index (Phi) is 3.84. The van der Waals surface area contributed by atoms with Crippen LogP contribution in [0.2, 0.25) is 0 Å². The van der Waals surface area contributed by atoms with E-state index in [2.05, 4.69) is 11.2 Å². The van der Waals surface area contributed by atoms with Crippen LogP contribution in [0.25, 0.3) is 0 Å². The second-order valence-corrected chi connectivity index (χ2v) is 5.19. The highest BCUT2D eigenvalue weighted by Crippen LogP contribution is 2.39. The van der Waals surface area contributed by atoms with Crippen LogP contribution in [0.3, 0.4) is 0 Å². The van der Waals surface area contributed by atoms with Gasteiger partial charge < -0.3 is 10.5 Å². The highest BCUT2D eigenvalue weighted by molar-refractivity contribution is 5.01. The molecule has 96 valence electrons. The third-order valence-electron chi connectivity index (χ3n) is 4.03. The minimum absolute atomic E-state index is 0.0892. The lowest BCUT2D eigenvalue weighted by Gasteiger charge is -2.42. The number of nitrogens with two attached hydrogens (primary N) is 1. The Morgan fingerprint density at radius 1 is 1.59 bits per heavy atom. The second kappa shape index (κ2) is 5.19. The number of ether oxygens (including phenoxy) is 1. The normalized spacial score (nSPS) is 19.9. The lowest BCUT2D eigenvalue weighted by molar-refractivity contribution is -0.0817. The molecule has 0 saturated heterocycles. The molecule has 1 unspecified atom stereocenters. The quantitative estimate of drug-likeness (QED) is 0.818. The van der Waals surface area contributed by atoms with Crippen molar-refractivity contribution in [1.29, 1.82) is 0 Å². The van der Waals surface area contributed by atoms with E-state index in [4.69, 9.17) is 10.5 Å². The second-order valence-electron chi connectivity index (χ2n) is 5.19. The van der Waals surface area contributed by atoms with Crippen LogP contribution >= 0.6 is 0 Å². The van der Waals surface area contributed by atoms with E-state index in [1.54, 1.807) is 0 Å². The van der Waals surface area contributed by atoms with Gasteiger partial charge in [0.15, 0.2) is 0 Å². The van der Waals surface area contributed by atoms with Gasteiger partial charge in [-0.05, 0) is 44.6 Å². The van der Waals surface area contributed by atoms with Crippen LogP contribution in [0, 0.1) is 0 Å². The molecule has 0 radical (unpaired) electrons. The lowest BCUT2D eigenvalue weighted by Crippen LogP contribution is -2.44. The Morgan fingerprint density at radius 2 is 2.35 bits per heavy atom. The summed E-state index contributed by atoms with van der Waals surface area (Å²) in [6, 6.07) is 2.28. The lowest BCUT2D eigenvalue weighted by atomic mass is 9.75. The molecule has 1 atom stereocenters. The first-order chi connectivity index (χ1) is 8.15. The minimum Gasteiger partial charge on any atom is -0.378 e. The predicted octanol–water partition coefficient (Wildman–Crippen LogP) is 1.64. The van der Waals surface area contributed by atoms with Crippen molar-refractivity contribution in [2.75, 3.05) is 7.11 Å². The summed E-state index contributed by atoms with van der Waals surface area (Å²) < 4.78 is 7.53. The fourth-order valence-electron chi connectivity index (χ4n) is 2.62. The summed E-state index contributed by atoms with van der Waals surface area (Å²) in [7, 11) is 3.79. The summed E-state index contributed by atoms with van der Waals surface area (Å²) in [6.07, 6.45) is 8.45. The van der Waals surface area contributed by atoms with E-state index < -0.39 is 0 Å². The fraction of sp³-hybridized carbons (Fsp3) is 0.769. The number of aryl methyl sites for hydroxylation is 2. The van der Waals surface area contributed by atoms with Gasteiger partial charge >= 0.3 is 0 Å². The average molecular weight is 237 g/mol. The summed E-state index contributed by atoms with van der Waals surface area (Å²) in [6.45, 7) is 0. The first-order valence-electron chi connectivity index (χ1n) is 6.43. The van der Waals surface area contributed by atoms with Crippen LogP contribution in [0.1, 0.15) is 37.8 Å². The molecule has 0 bridgehead atoms. The van der Waals surface area contributed by atoms with E-state index >= 15 is 0 Å². The molecule has 0 aliphatic heterocycles. The Bertz CT molecular complexity index is 352. The van der Waals surface area contributed by atoms with Gasteiger partial charge in [-0.25, -0.2) is 0 Å². The van der Waals surface area contributed by atoms with E-state index in [0.29, 0.717) is 0 Å². The van der Waals surface area contributed by atoms with Gasteiger partial charge in [0.1, 0.15) is 0 Å². The molecule has 0 amide bonds. The van der Waals surface area contributed by atoms with Crippen molar-refractivity contribution in [3.8, 4) is 0 Å². The van der Waals surface area contributed by atoms with Crippen LogP contribution < -0.4 is 5.73 Å². The molecule has 0 spiro atoms. The van der Waals surface area contributed by atoms with Gasteiger partial charge in [0.25, 0.3) is 0 Å². The zero-order valence-electron chi connectivity index (χ0n) is 10.9. The first kappa shape index (κ1) is 12.6. The monoisotopic (exact) mass is 237 g/mol. The van der Waals surface area contributed by atoms with Gasteiger partial charge in [0, 0.05) is 32.1 Å². The summed E-state index contributed by atoms with van der Waals surface area (Å²) in [5, 5.41) is 4.16. The molecule has 1 aromatic rings. The maximum Gasteiger partial charge on any atom is 0.0693 e. The van der Waals surface area contributed by atoms with Crippen LogP contribution in [-0.4, -0.2) is 28.5 Å². The van der Waals surface area contributed by atoms with Crippen molar-refractivity contribution >= 4 is 0 Å². The fourth-order valence-corrected chi connectivity index (χ4v) is 2.62. The van der Waals surface area contributed by atoms with E-state index in [0.717, 1.165) is 19.3 Å². The number of hydrogen-bond donors (Lipinski definition) is 1. The summed E-state index contributed by atoms with van der Waals surface area (Å²) >= 11 is 0. The molecular formula is C13H23N3O. The van der Waals surface area contributed by atoms with Gasteiger partial charge in [0.2, 0.25) is 0 Å². The Labute approximate surface area is 103 Å².